The molecule has 1 atom stereocenters. The summed E-state index contributed by atoms with van der Waals surface area (Å²) in [6.07, 6.45) is 2.69. The number of hydrogen-bond donors (Lipinski definition) is 1. The minimum Gasteiger partial charge on any atom is -0.309 e. The maximum Gasteiger partial charge on any atom is 0.141 e. The molecule has 5 heteroatoms. The molecule has 0 aliphatic heterocycles. The lowest BCUT2D eigenvalue weighted by Gasteiger charge is -2.18. The van der Waals surface area contributed by atoms with Crippen molar-refractivity contribution in [3.63, 3.8) is 0 Å². The number of nitrogens with one attached hydrogen (secondary N) is 1. The quantitative estimate of drug-likeness (QED) is 0.939. The molecule has 94 valence electrons. The Morgan fingerprint density at radius 2 is 2.06 bits per heavy atom. The smallest absolute Gasteiger partial charge is 0.141 e. The van der Waals surface area contributed by atoms with Gasteiger partial charge < -0.3 is 5.32 Å². The summed E-state index contributed by atoms with van der Waals surface area (Å²) in [6, 6.07) is 5.82. The number of nitrogens with zero attached hydrogens (tertiary/aromatic N) is 1. The van der Waals surface area contributed by atoms with Crippen molar-refractivity contribution in [1.29, 1.82) is 0 Å². The van der Waals surface area contributed by atoms with Crippen molar-refractivity contribution in [2.24, 2.45) is 0 Å². The van der Waals surface area contributed by atoms with Gasteiger partial charge >= 0.3 is 0 Å². The molecule has 2 nitrogen and oxygen atoms in total. The summed E-state index contributed by atoms with van der Waals surface area (Å²) in [5.41, 5.74) is 1.34. The molecular weight excluding hydrogens is 302 g/mol. The monoisotopic (exact) mass is 312 g/mol. The zero-order valence-electron chi connectivity index (χ0n) is 9.62. The summed E-state index contributed by atoms with van der Waals surface area (Å²) < 4.78 is 27.1. The first-order valence-corrected chi connectivity index (χ1v) is 6.14. The van der Waals surface area contributed by atoms with E-state index >= 15 is 0 Å². The average Bonchev–Trinajstić information content (AvgIpc) is 2.35. The Bertz CT molecular complexity index is 560. The second-order valence-electron chi connectivity index (χ2n) is 3.80. The highest BCUT2D eigenvalue weighted by molar-refractivity contribution is 9.10. The van der Waals surface area contributed by atoms with Gasteiger partial charge in [0.05, 0.1) is 16.7 Å². The van der Waals surface area contributed by atoms with Crippen LogP contribution in [0.1, 0.15) is 17.2 Å². The molecule has 1 unspecified atom stereocenters. The van der Waals surface area contributed by atoms with Gasteiger partial charge in [0.2, 0.25) is 0 Å². The van der Waals surface area contributed by atoms with Gasteiger partial charge in [-0.3, -0.25) is 4.98 Å². The molecule has 0 spiro atoms. The molecule has 1 aromatic heterocycles. The minimum atomic E-state index is -0.416. The first-order valence-electron chi connectivity index (χ1n) is 5.35. The average molecular weight is 313 g/mol. The van der Waals surface area contributed by atoms with Gasteiger partial charge in [-0.15, -0.1) is 0 Å². The van der Waals surface area contributed by atoms with Crippen molar-refractivity contribution >= 4 is 15.9 Å². The highest BCUT2D eigenvalue weighted by Crippen LogP contribution is 2.30. The van der Waals surface area contributed by atoms with Crippen LogP contribution in [-0.4, -0.2) is 12.0 Å². The van der Waals surface area contributed by atoms with Crippen molar-refractivity contribution in [1.82, 2.24) is 10.3 Å². The number of rotatable bonds is 3. The maximum absolute atomic E-state index is 13.5. The predicted molar refractivity (Wildman–Crippen MR) is 69.2 cm³/mol. The van der Waals surface area contributed by atoms with E-state index in [1.54, 1.807) is 25.4 Å². The Hall–Kier alpha value is -1.33. The van der Waals surface area contributed by atoms with Crippen molar-refractivity contribution in [3.05, 3.63) is 63.9 Å². The number of benzene rings is 1. The fourth-order valence-electron chi connectivity index (χ4n) is 1.83. The summed E-state index contributed by atoms with van der Waals surface area (Å²) >= 11 is 3.21. The molecule has 0 saturated carbocycles. The molecule has 0 radical (unpaired) electrons. The number of hydrogen-bond acceptors (Lipinski definition) is 2. The lowest BCUT2D eigenvalue weighted by atomic mass is 10.0. The molecule has 0 amide bonds. The second-order valence-corrected chi connectivity index (χ2v) is 4.59. The van der Waals surface area contributed by atoms with E-state index in [-0.39, 0.29) is 11.9 Å². The zero-order chi connectivity index (χ0) is 13.1. The van der Waals surface area contributed by atoms with E-state index in [1.165, 1.54) is 12.1 Å². The first kappa shape index (κ1) is 13.1. The molecule has 0 saturated heterocycles. The van der Waals surface area contributed by atoms with E-state index < -0.39 is 5.82 Å². The summed E-state index contributed by atoms with van der Waals surface area (Å²) in [7, 11) is 1.73. The highest BCUT2D eigenvalue weighted by Gasteiger charge is 2.17. The van der Waals surface area contributed by atoms with E-state index in [4.69, 9.17) is 0 Å². The number of aromatic nitrogens is 1. The van der Waals surface area contributed by atoms with Crippen LogP contribution in [-0.2, 0) is 0 Å². The van der Waals surface area contributed by atoms with Crippen LogP contribution in [0.2, 0.25) is 0 Å². The van der Waals surface area contributed by atoms with E-state index in [1.807, 2.05) is 0 Å². The minimum absolute atomic E-state index is 0.321. The molecule has 0 fully saturated rings. The Labute approximate surface area is 112 Å². The summed E-state index contributed by atoms with van der Waals surface area (Å²) in [6.45, 7) is 0. The van der Waals surface area contributed by atoms with Gasteiger partial charge in [0.25, 0.3) is 0 Å². The zero-order valence-corrected chi connectivity index (χ0v) is 11.2. The summed E-state index contributed by atoms with van der Waals surface area (Å²) in [5.74, 6) is -0.766. The van der Waals surface area contributed by atoms with Gasteiger partial charge in [0.1, 0.15) is 11.6 Å². The van der Waals surface area contributed by atoms with Crippen LogP contribution in [0.25, 0.3) is 0 Å². The number of halogens is 3. The topological polar surface area (TPSA) is 24.9 Å². The van der Waals surface area contributed by atoms with Crippen LogP contribution < -0.4 is 5.32 Å². The largest absolute Gasteiger partial charge is 0.309 e. The van der Waals surface area contributed by atoms with Gasteiger partial charge in [0.15, 0.2) is 0 Å². The van der Waals surface area contributed by atoms with Crippen LogP contribution >= 0.6 is 15.9 Å². The second kappa shape index (κ2) is 5.54. The van der Waals surface area contributed by atoms with Gasteiger partial charge in [-0.2, -0.15) is 0 Å². The molecule has 0 aliphatic carbocycles. The van der Waals surface area contributed by atoms with E-state index in [9.17, 15) is 8.78 Å². The first-order chi connectivity index (χ1) is 8.63. The van der Waals surface area contributed by atoms with Crippen LogP contribution in [0.4, 0.5) is 8.78 Å². The molecule has 1 aromatic carbocycles. The van der Waals surface area contributed by atoms with Crippen LogP contribution in [0.5, 0.6) is 0 Å². The lowest BCUT2D eigenvalue weighted by molar-refractivity contribution is 0.598. The molecule has 18 heavy (non-hydrogen) atoms. The summed E-state index contributed by atoms with van der Waals surface area (Å²) in [4.78, 5) is 3.81. The van der Waals surface area contributed by atoms with E-state index in [2.05, 4.69) is 26.2 Å². The van der Waals surface area contributed by atoms with Gasteiger partial charge in [-0.05, 0) is 46.2 Å². The SMILES string of the molecule is CNC(c1cncc(F)c1)c1cccc(F)c1Br. The van der Waals surface area contributed by atoms with Crippen molar-refractivity contribution < 1.29 is 8.78 Å². The Kier molecular flexibility index (Phi) is 4.04. The van der Waals surface area contributed by atoms with Crippen LogP contribution in [0.15, 0.2) is 41.1 Å². The van der Waals surface area contributed by atoms with E-state index in [0.717, 1.165) is 6.20 Å². The Morgan fingerprint density at radius 3 is 2.72 bits per heavy atom. The molecule has 1 N–H and O–H groups in total. The van der Waals surface area contributed by atoms with Crippen LogP contribution in [0.3, 0.4) is 0 Å². The van der Waals surface area contributed by atoms with Crippen molar-refractivity contribution in [2.45, 2.75) is 6.04 Å². The van der Waals surface area contributed by atoms with Crippen molar-refractivity contribution in [2.75, 3.05) is 7.05 Å². The normalized spacial score (nSPS) is 12.4. The van der Waals surface area contributed by atoms with Gasteiger partial charge in [0, 0.05) is 6.20 Å². The fraction of sp³-hybridized carbons (Fsp3) is 0.154. The Balaban J connectivity index is 2.49. The lowest BCUT2D eigenvalue weighted by Crippen LogP contribution is -2.18. The van der Waals surface area contributed by atoms with Crippen LogP contribution in [0, 0.1) is 11.6 Å². The van der Waals surface area contributed by atoms with Gasteiger partial charge in [-0.1, -0.05) is 12.1 Å². The molecule has 1 heterocycles. The highest BCUT2D eigenvalue weighted by atomic mass is 79.9. The third-order valence-electron chi connectivity index (χ3n) is 2.64. The summed E-state index contributed by atoms with van der Waals surface area (Å²) in [5, 5.41) is 3.03. The maximum atomic E-state index is 13.5. The molecule has 2 rings (SSSR count). The third kappa shape index (κ3) is 2.57. The molecule has 2 aromatic rings. The Morgan fingerprint density at radius 1 is 1.28 bits per heavy atom. The number of pyridine rings is 1. The molecular formula is C13H11BrF2N2. The van der Waals surface area contributed by atoms with Gasteiger partial charge in [-0.25, -0.2) is 8.78 Å². The fourth-order valence-corrected chi connectivity index (χ4v) is 2.32. The third-order valence-corrected chi connectivity index (χ3v) is 3.48. The molecule has 0 aliphatic rings. The predicted octanol–water partition coefficient (Wildman–Crippen LogP) is 3.43. The van der Waals surface area contributed by atoms with E-state index in [0.29, 0.717) is 15.6 Å². The van der Waals surface area contributed by atoms with Crippen molar-refractivity contribution in [3.8, 4) is 0 Å². The molecule has 0 bridgehead atoms. The standard InChI is InChI=1S/C13H11BrF2N2/c1-17-13(8-5-9(15)7-18-6-8)10-3-2-4-11(16)12(10)14/h2-7,13,17H,1H3.